The van der Waals surface area contributed by atoms with Crippen molar-refractivity contribution in [2.45, 2.75) is 19.5 Å². The molecule has 96 valence electrons. The van der Waals surface area contributed by atoms with Crippen molar-refractivity contribution >= 4 is 17.2 Å². The Bertz CT molecular complexity index is 508. The monoisotopic (exact) mass is 266 g/mol. The Hall–Kier alpha value is -1.80. The van der Waals surface area contributed by atoms with Crippen LogP contribution in [0.15, 0.2) is 17.8 Å². The van der Waals surface area contributed by atoms with Crippen molar-refractivity contribution in [2.75, 3.05) is 6.54 Å². The molecule has 0 spiro atoms. The third-order valence-corrected chi connectivity index (χ3v) is 3.26. The topological polar surface area (TPSA) is 98.7 Å². The molecule has 2 rings (SSSR count). The number of aromatic nitrogens is 4. The number of hydrogen-bond donors (Lipinski definition) is 2. The number of nitrogens with two attached hydrogens (primary N) is 1. The average molecular weight is 266 g/mol. The lowest BCUT2D eigenvalue weighted by Crippen LogP contribution is -2.26. The highest BCUT2D eigenvalue weighted by molar-refractivity contribution is 7.09. The molecule has 2 aromatic heterocycles. The van der Waals surface area contributed by atoms with Gasteiger partial charge in [0.05, 0.1) is 18.8 Å². The zero-order valence-corrected chi connectivity index (χ0v) is 10.7. The minimum atomic E-state index is -0.263. The molecular weight excluding hydrogens is 252 g/mol. The minimum absolute atomic E-state index is 0.142. The van der Waals surface area contributed by atoms with E-state index in [0.717, 1.165) is 5.01 Å². The van der Waals surface area contributed by atoms with Crippen molar-refractivity contribution in [2.24, 2.45) is 5.73 Å². The van der Waals surface area contributed by atoms with Crippen molar-refractivity contribution in [3.8, 4) is 0 Å². The highest BCUT2D eigenvalue weighted by Gasteiger charge is 2.15. The van der Waals surface area contributed by atoms with Crippen LogP contribution in [-0.2, 0) is 6.54 Å². The summed E-state index contributed by atoms with van der Waals surface area (Å²) in [6, 6.07) is -0.142. The smallest absolute Gasteiger partial charge is 0.274 e. The zero-order valence-electron chi connectivity index (χ0n) is 9.91. The van der Waals surface area contributed by atoms with Gasteiger partial charge < -0.3 is 11.1 Å². The van der Waals surface area contributed by atoms with E-state index >= 15 is 0 Å². The molecule has 0 aliphatic heterocycles. The maximum Gasteiger partial charge on any atom is 0.274 e. The summed E-state index contributed by atoms with van der Waals surface area (Å²) in [5, 5.41) is 13.2. The van der Waals surface area contributed by atoms with Gasteiger partial charge in [-0.1, -0.05) is 5.21 Å². The number of nitrogens with zero attached hydrogens (tertiary/aromatic N) is 4. The molecule has 0 bridgehead atoms. The zero-order chi connectivity index (χ0) is 13.0. The molecule has 0 radical (unpaired) electrons. The van der Waals surface area contributed by atoms with E-state index in [2.05, 4.69) is 20.6 Å². The number of nitrogens with one attached hydrogen (secondary N) is 1. The van der Waals surface area contributed by atoms with Gasteiger partial charge in [-0.2, -0.15) is 0 Å². The molecule has 0 saturated carbocycles. The van der Waals surface area contributed by atoms with Crippen molar-refractivity contribution in [1.29, 1.82) is 0 Å². The Balaban J connectivity index is 1.98. The first kappa shape index (κ1) is 12.7. The Morgan fingerprint density at radius 3 is 3.17 bits per heavy atom. The molecule has 3 N–H and O–H groups in total. The minimum Gasteiger partial charge on any atom is -0.342 e. The fourth-order valence-corrected chi connectivity index (χ4v) is 2.07. The fourth-order valence-electron chi connectivity index (χ4n) is 1.42. The third kappa shape index (κ3) is 2.90. The van der Waals surface area contributed by atoms with E-state index in [9.17, 15) is 4.79 Å². The quantitative estimate of drug-likeness (QED) is 0.804. The van der Waals surface area contributed by atoms with Gasteiger partial charge in [-0.05, 0) is 6.92 Å². The molecule has 0 aliphatic carbocycles. The highest BCUT2D eigenvalue weighted by atomic mass is 32.1. The fraction of sp³-hybridized carbons (Fsp3) is 0.400. The van der Waals surface area contributed by atoms with Crippen molar-refractivity contribution in [3.05, 3.63) is 28.5 Å². The van der Waals surface area contributed by atoms with Crippen LogP contribution in [0.25, 0.3) is 0 Å². The largest absolute Gasteiger partial charge is 0.342 e. The SMILES string of the molecule is CC(NC(=O)c1cn(CCN)nn1)c1nccs1. The van der Waals surface area contributed by atoms with Crippen LogP contribution in [0.5, 0.6) is 0 Å². The molecule has 8 heteroatoms. The van der Waals surface area contributed by atoms with Gasteiger partial charge in [0.2, 0.25) is 0 Å². The van der Waals surface area contributed by atoms with Crippen LogP contribution < -0.4 is 11.1 Å². The molecular formula is C10H14N6OS. The number of amides is 1. The summed E-state index contributed by atoms with van der Waals surface area (Å²) >= 11 is 1.50. The van der Waals surface area contributed by atoms with Crippen molar-refractivity contribution in [1.82, 2.24) is 25.3 Å². The maximum atomic E-state index is 11.9. The van der Waals surface area contributed by atoms with Crippen LogP contribution in [0.1, 0.15) is 28.5 Å². The lowest BCUT2D eigenvalue weighted by atomic mass is 10.3. The van der Waals surface area contributed by atoms with E-state index in [1.165, 1.54) is 11.3 Å². The van der Waals surface area contributed by atoms with E-state index in [1.807, 2.05) is 12.3 Å². The number of carbonyl (C=O) groups excluding carboxylic acids is 1. The van der Waals surface area contributed by atoms with Gasteiger partial charge >= 0.3 is 0 Å². The van der Waals surface area contributed by atoms with Crippen LogP contribution in [0.4, 0.5) is 0 Å². The van der Waals surface area contributed by atoms with E-state index in [-0.39, 0.29) is 17.6 Å². The average Bonchev–Trinajstić information content (AvgIpc) is 3.00. The predicted octanol–water partition coefficient (Wildman–Crippen LogP) is 0.184. The number of thiazole rings is 1. The Morgan fingerprint density at radius 2 is 2.50 bits per heavy atom. The second-order valence-corrected chi connectivity index (χ2v) is 4.65. The van der Waals surface area contributed by atoms with Gasteiger partial charge in [0.15, 0.2) is 5.69 Å². The summed E-state index contributed by atoms with van der Waals surface area (Å²) in [6.07, 6.45) is 3.29. The van der Waals surface area contributed by atoms with Gasteiger partial charge in [0.1, 0.15) is 5.01 Å². The predicted molar refractivity (Wildman–Crippen MR) is 67.1 cm³/mol. The number of hydrogen-bond acceptors (Lipinski definition) is 6. The molecule has 1 amide bonds. The summed E-state index contributed by atoms with van der Waals surface area (Å²) < 4.78 is 1.54. The lowest BCUT2D eigenvalue weighted by Gasteiger charge is -2.09. The van der Waals surface area contributed by atoms with Crippen molar-refractivity contribution in [3.63, 3.8) is 0 Å². The summed E-state index contributed by atoms with van der Waals surface area (Å²) in [7, 11) is 0. The number of carbonyl (C=O) groups is 1. The molecule has 7 nitrogen and oxygen atoms in total. The van der Waals surface area contributed by atoms with E-state index in [1.54, 1.807) is 17.1 Å². The second-order valence-electron chi connectivity index (χ2n) is 3.72. The molecule has 2 aromatic rings. The Morgan fingerprint density at radius 1 is 1.67 bits per heavy atom. The van der Waals surface area contributed by atoms with Crippen LogP contribution in [0, 0.1) is 0 Å². The van der Waals surface area contributed by atoms with Crippen LogP contribution in [-0.4, -0.2) is 32.4 Å². The van der Waals surface area contributed by atoms with E-state index in [4.69, 9.17) is 5.73 Å². The van der Waals surface area contributed by atoms with Crippen molar-refractivity contribution < 1.29 is 4.79 Å². The molecule has 0 fully saturated rings. The standard InChI is InChI=1S/C10H14N6OS/c1-7(10-12-3-5-18-10)13-9(17)8-6-16(4-2-11)15-14-8/h3,5-7H,2,4,11H2,1H3,(H,13,17). The first-order valence-electron chi connectivity index (χ1n) is 5.51. The molecule has 2 heterocycles. The molecule has 0 aromatic carbocycles. The normalized spacial score (nSPS) is 12.3. The Labute approximate surface area is 108 Å². The van der Waals surface area contributed by atoms with Gasteiger partial charge in [-0.15, -0.1) is 16.4 Å². The highest BCUT2D eigenvalue weighted by Crippen LogP contribution is 2.14. The van der Waals surface area contributed by atoms with Gasteiger partial charge in [0.25, 0.3) is 5.91 Å². The lowest BCUT2D eigenvalue weighted by molar-refractivity contribution is 0.0934. The second kappa shape index (κ2) is 5.69. The number of rotatable bonds is 5. The molecule has 0 saturated heterocycles. The van der Waals surface area contributed by atoms with Crippen LogP contribution >= 0.6 is 11.3 Å². The summed E-state index contributed by atoms with van der Waals surface area (Å²) in [6.45, 7) is 2.88. The van der Waals surface area contributed by atoms with Gasteiger partial charge in [-0.25, -0.2) is 4.98 Å². The third-order valence-electron chi connectivity index (χ3n) is 2.30. The van der Waals surface area contributed by atoms with Gasteiger partial charge in [-0.3, -0.25) is 9.48 Å². The van der Waals surface area contributed by atoms with Crippen LogP contribution in [0.3, 0.4) is 0 Å². The van der Waals surface area contributed by atoms with E-state index < -0.39 is 0 Å². The summed E-state index contributed by atoms with van der Waals surface area (Å²) in [5.74, 6) is -0.263. The Kier molecular flexibility index (Phi) is 4.00. The van der Waals surface area contributed by atoms with Gasteiger partial charge in [0, 0.05) is 18.1 Å². The summed E-state index contributed by atoms with van der Waals surface area (Å²) in [5.41, 5.74) is 5.68. The van der Waals surface area contributed by atoms with E-state index in [0.29, 0.717) is 13.1 Å². The first-order valence-corrected chi connectivity index (χ1v) is 6.39. The maximum absolute atomic E-state index is 11.9. The molecule has 0 aliphatic rings. The molecule has 1 atom stereocenters. The summed E-state index contributed by atoms with van der Waals surface area (Å²) in [4.78, 5) is 16.0. The van der Waals surface area contributed by atoms with Crippen LogP contribution in [0.2, 0.25) is 0 Å². The first-order chi connectivity index (χ1) is 8.70. The molecule has 18 heavy (non-hydrogen) atoms. The molecule has 1 unspecified atom stereocenters.